The number of amides is 1. The summed E-state index contributed by atoms with van der Waals surface area (Å²) in [7, 11) is 1.83. The summed E-state index contributed by atoms with van der Waals surface area (Å²) in [6.07, 6.45) is 8.67. The second-order valence-electron chi connectivity index (χ2n) is 8.24. The monoisotopic (exact) mass is 494 g/mol. The van der Waals surface area contributed by atoms with E-state index in [2.05, 4.69) is 10.3 Å². The maximum atomic E-state index is 13.6. The van der Waals surface area contributed by atoms with Gasteiger partial charge in [0.15, 0.2) is 0 Å². The fourth-order valence-electron chi connectivity index (χ4n) is 4.01. The van der Waals surface area contributed by atoms with Crippen LogP contribution < -0.4 is 10.2 Å². The Balaban J connectivity index is 1.70. The van der Waals surface area contributed by atoms with Crippen molar-refractivity contribution < 1.29 is 4.79 Å². The van der Waals surface area contributed by atoms with Crippen LogP contribution in [0.3, 0.4) is 0 Å². The quantitative estimate of drug-likeness (QED) is 0.252. The second-order valence-corrected chi connectivity index (χ2v) is 8.64. The summed E-state index contributed by atoms with van der Waals surface area (Å²) in [4.78, 5) is 19.6. The number of allylic oxidation sites excluding steroid dienone is 1. The maximum Gasteiger partial charge on any atom is 0.258 e. The molecule has 0 unspecified atom stereocenters. The molecule has 4 aromatic rings. The average molecular weight is 495 g/mol. The smallest absolute Gasteiger partial charge is 0.258 e. The highest BCUT2D eigenvalue weighted by Crippen LogP contribution is 2.30. The molecule has 0 spiro atoms. The molecule has 0 aliphatic carbocycles. The number of carbonyl (C=O) groups excluding carboxylic acids is 1. The van der Waals surface area contributed by atoms with Gasteiger partial charge in [0.2, 0.25) is 0 Å². The van der Waals surface area contributed by atoms with Crippen molar-refractivity contribution in [1.29, 1.82) is 5.41 Å². The van der Waals surface area contributed by atoms with Gasteiger partial charge in [-0.25, -0.2) is 0 Å². The molecule has 0 saturated carbocycles. The molecule has 1 amide bonds. The first kappa shape index (κ1) is 24.9. The molecule has 5 nitrogen and oxygen atoms in total. The van der Waals surface area contributed by atoms with Crippen LogP contribution in [0, 0.1) is 5.41 Å². The second kappa shape index (κ2) is 11.5. The van der Waals surface area contributed by atoms with Gasteiger partial charge in [0, 0.05) is 41.3 Å². The Labute approximate surface area is 216 Å². The van der Waals surface area contributed by atoms with E-state index in [0.717, 1.165) is 33.5 Å². The lowest BCUT2D eigenvalue weighted by molar-refractivity contribution is 0.0985. The van der Waals surface area contributed by atoms with Crippen LogP contribution in [-0.4, -0.2) is 24.2 Å². The van der Waals surface area contributed by atoms with E-state index in [1.54, 1.807) is 29.4 Å². The minimum absolute atomic E-state index is 0.131. The van der Waals surface area contributed by atoms with E-state index in [0.29, 0.717) is 16.3 Å². The Hall–Kier alpha value is -4.22. The number of carbonyl (C=O) groups is 1. The topological polar surface area (TPSA) is 69.1 Å². The van der Waals surface area contributed by atoms with Crippen LogP contribution in [-0.2, 0) is 6.54 Å². The zero-order chi connectivity index (χ0) is 25.5. The van der Waals surface area contributed by atoms with Crippen molar-refractivity contribution in [2.75, 3.05) is 17.3 Å². The SMILES string of the molecule is C/C=C/c1cncc(N(Cc2ccc(-c3ccc(NC)c(C=N)c3)cc2Cl)C(=O)c2ccccc2)c1. The summed E-state index contributed by atoms with van der Waals surface area (Å²) in [5.74, 6) is -0.131. The van der Waals surface area contributed by atoms with Gasteiger partial charge in [0.25, 0.3) is 5.91 Å². The van der Waals surface area contributed by atoms with E-state index in [4.69, 9.17) is 17.0 Å². The first-order chi connectivity index (χ1) is 17.5. The van der Waals surface area contributed by atoms with Gasteiger partial charge in [-0.15, -0.1) is 0 Å². The van der Waals surface area contributed by atoms with Crippen molar-refractivity contribution in [3.8, 4) is 11.1 Å². The van der Waals surface area contributed by atoms with Crippen LogP contribution in [0.2, 0.25) is 5.02 Å². The summed E-state index contributed by atoms with van der Waals surface area (Å²) in [6, 6.07) is 22.9. The van der Waals surface area contributed by atoms with E-state index >= 15 is 0 Å². The standard InChI is InChI=1S/C30H27ClN4O/c1-3-7-21-14-27(19-34-18-21)35(30(36)22-8-5-4-6-9-22)20-25-11-10-24(16-28(25)31)23-12-13-29(33-2)26(15-23)17-32/h3-19,32-33H,20H2,1-2H3/b7-3+,32-17?. The van der Waals surface area contributed by atoms with Gasteiger partial charge in [-0.05, 0) is 65.6 Å². The van der Waals surface area contributed by atoms with Crippen molar-refractivity contribution >= 4 is 41.2 Å². The fraction of sp³-hybridized carbons (Fsp3) is 0.100. The molecule has 0 fully saturated rings. The minimum atomic E-state index is -0.131. The van der Waals surface area contributed by atoms with Gasteiger partial charge in [0.1, 0.15) is 0 Å². The number of aromatic nitrogens is 1. The highest BCUT2D eigenvalue weighted by atomic mass is 35.5. The van der Waals surface area contributed by atoms with Gasteiger partial charge in [-0.1, -0.05) is 60.2 Å². The normalized spacial score (nSPS) is 10.9. The number of pyridine rings is 1. The van der Waals surface area contributed by atoms with Gasteiger partial charge in [0.05, 0.1) is 18.4 Å². The molecule has 0 aliphatic heterocycles. The number of halogens is 1. The van der Waals surface area contributed by atoms with Crippen LogP contribution >= 0.6 is 11.6 Å². The number of nitrogens with zero attached hydrogens (tertiary/aromatic N) is 2. The molecule has 4 rings (SSSR count). The Morgan fingerprint density at radius 3 is 2.47 bits per heavy atom. The number of hydrogen-bond donors (Lipinski definition) is 2. The average Bonchev–Trinajstić information content (AvgIpc) is 2.92. The minimum Gasteiger partial charge on any atom is -0.388 e. The number of anilines is 2. The lowest BCUT2D eigenvalue weighted by Crippen LogP contribution is -2.30. The maximum absolute atomic E-state index is 13.6. The molecule has 1 aromatic heterocycles. The van der Waals surface area contributed by atoms with Crippen molar-refractivity contribution in [2.24, 2.45) is 0 Å². The molecule has 3 aromatic carbocycles. The highest BCUT2D eigenvalue weighted by Gasteiger charge is 2.20. The molecule has 0 atom stereocenters. The van der Waals surface area contributed by atoms with Gasteiger partial charge in [-0.2, -0.15) is 0 Å². The van der Waals surface area contributed by atoms with E-state index in [1.807, 2.05) is 86.8 Å². The molecular weight excluding hydrogens is 468 g/mol. The molecule has 0 aliphatic rings. The lowest BCUT2D eigenvalue weighted by atomic mass is 10.0. The zero-order valence-electron chi connectivity index (χ0n) is 20.2. The van der Waals surface area contributed by atoms with Crippen molar-refractivity contribution in [2.45, 2.75) is 13.5 Å². The third-order valence-electron chi connectivity index (χ3n) is 5.87. The molecule has 0 radical (unpaired) electrons. The highest BCUT2D eigenvalue weighted by molar-refractivity contribution is 6.31. The Bertz CT molecular complexity index is 1420. The summed E-state index contributed by atoms with van der Waals surface area (Å²) in [6.45, 7) is 2.23. The zero-order valence-corrected chi connectivity index (χ0v) is 21.0. The first-order valence-electron chi connectivity index (χ1n) is 11.6. The summed E-state index contributed by atoms with van der Waals surface area (Å²) >= 11 is 6.75. The van der Waals surface area contributed by atoms with Crippen molar-refractivity contribution in [3.63, 3.8) is 0 Å². The van der Waals surface area contributed by atoms with Gasteiger partial charge >= 0.3 is 0 Å². The van der Waals surface area contributed by atoms with E-state index in [9.17, 15) is 4.79 Å². The van der Waals surface area contributed by atoms with Crippen LogP contribution in [0.1, 0.15) is 34.0 Å². The van der Waals surface area contributed by atoms with Crippen LogP contribution in [0.4, 0.5) is 11.4 Å². The first-order valence-corrected chi connectivity index (χ1v) is 12.0. The molecule has 36 heavy (non-hydrogen) atoms. The molecule has 0 saturated heterocycles. The molecule has 2 N–H and O–H groups in total. The molecule has 180 valence electrons. The van der Waals surface area contributed by atoms with Crippen molar-refractivity contribution in [1.82, 2.24) is 4.98 Å². The largest absolute Gasteiger partial charge is 0.388 e. The van der Waals surface area contributed by atoms with E-state index < -0.39 is 0 Å². The molecule has 0 bridgehead atoms. The van der Waals surface area contributed by atoms with Crippen LogP contribution in [0.5, 0.6) is 0 Å². The van der Waals surface area contributed by atoms with E-state index in [-0.39, 0.29) is 12.5 Å². The molecule has 1 heterocycles. The molecular formula is C30H27ClN4O. The van der Waals surface area contributed by atoms with Crippen molar-refractivity contribution in [3.05, 3.63) is 119 Å². The predicted molar refractivity (Wildman–Crippen MR) is 150 cm³/mol. The number of benzene rings is 3. The third kappa shape index (κ3) is 5.53. The molecule has 6 heteroatoms. The summed E-state index contributed by atoms with van der Waals surface area (Å²) in [5.41, 5.74) is 6.59. The third-order valence-corrected chi connectivity index (χ3v) is 6.22. The Morgan fingerprint density at radius 1 is 1.03 bits per heavy atom. The number of rotatable bonds is 8. The lowest BCUT2D eigenvalue weighted by Gasteiger charge is -2.24. The van der Waals surface area contributed by atoms with E-state index in [1.165, 1.54) is 6.21 Å². The fourth-order valence-corrected chi connectivity index (χ4v) is 4.25. The summed E-state index contributed by atoms with van der Waals surface area (Å²) < 4.78 is 0. The number of nitrogens with one attached hydrogen (secondary N) is 2. The van der Waals surface area contributed by atoms with Gasteiger partial charge < -0.3 is 15.6 Å². The Morgan fingerprint density at radius 2 is 1.78 bits per heavy atom. The Kier molecular flexibility index (Phi) is 7.93. The summed E-state index contributed by atoms with van der Waals surface area (Å²) in [5, 5.41) is 11.4. The van der Waals surface area contributed by atoms with Crippen LogP contribution in [0.25, 0.3) is 17.2 Å². The van der Waals surface area contributed by atoms with Crippen LogP contribution in [0.15, 0.2) is 91.3 Å². The van der Waals surface area contributed by atoms with Gasteiger partial charge in [-0.3, -0.25) is 9.78 Å². The predicted octanol–water partition coefficient (Wildman–Crippen LogP) is 7.32. The number of hydrogen-bond acceptors (Lipinski definition) is 4.